The van der Waals surface area contributed by atoms with E-state index in [1.54, 1.807) is 0 Å². The van der Waals surface area contributed by atoms with E-state index in [4.69, 9.17) is 0 Å². The average molecular weight is 266 g/mol. The van der Waals surface area contributed by atoms with Crippen molar-refractivity contribution >= 4 is 0 Å². The number of hydrogen-bond donors (Lipinski definition) is 0. The maximum atomic E-state index is 3.01. The summed E-state index contributed by atoms with van der Waals surface area (Å²) in [5.41, 5.74) is 2.73. The second-order valence-corrected chi connectivity index (χ2v) is 3.53. The average Bonchev–Trinajstić information content (AvgIpc) is 2.41. The molecule has 0 unspecified atom stereocenters. The van der Waals surface area contributed by atoms with Crippen LogP contribution in [0.1, 0.15) is 25.0 Å². The smallest absolute Gasteiger partial charge is 0.184 e. The zero-order chi connectivity index (χ0) is 11.6. The van der Waals surface area contributed by atoms with Gasteiger partial charge in [0.25, 0.3) is 0 Å². The van der Waals surface area contributed by atoms with Crippen LogP contribution in [-0.2, 0) is 29.9 Å². The molecule has 0 N–H and O–H groups in total. The van der Waals surface area contributed by atoms with E-state index in [9.17, 15) is 0 Å². The fraction of sp³-hybridized carbons (Fsp3) is 0.250. The first kappa shape index (κ1) is 16.0. The number of rotatable bonds is 2. The standard InChI is InChI=1S/2C8H9.Fe/c2*1-2-8-6-4-3-5-7-8;/h4-7H,2H2,1H3;3-4,6-7H,2H2,1H3;/q2*-1;+2. The van der Waals surface area contributed by atoms with Gasteiger partial charge in [-0.25, -0.2) is 0 Å². The molecule has 0 spiro atoms. The van der Waals surface area contributed by atoms with Gasteiger partial charge in [0.15, 0.2) is 0 Å². The molecule has 0 aromatic heterocycles. The second kappa shape index (κ2) is 10.1. The van der Waals surface area contributed by atoms with Gasteiger partial charge in [-0.15, -0.1) is 0 Å². The van der Waals surface area contributed by atoms with Gasteiger partial charge < -0.3 is 0 Å². The zero-order valence-corrected chi connectivity index (χ0v) is 11.5. The fourth-order valence-electron chi connectivity index (χ4n) is 1.31. The summed E-state index contributed by atoms with van der Waals surface area (Å²) >= 11 is 0. The van der Waals surface area contributed by atoms with Crippen molar-refractivity contribution < 1.29 is 17.1 Å². The quantitative estimate of drug-likeness (QED) is 0.567. The third-order valence-electron chi connectivity index (χ3n) is 2.38. The molecule has 2 rings (SSSR count). The first-order chi connectivity index (χ1) is 7.86. The van der Waals surface area contributed by atoms with Crippen molar-refractivity contribution in [1.82, 2.24) is 0 Å². The van der Waals surface area contributed by atoms with E-state index in [0.29, 0.717) is 0 Å². The van der Waals surface area contributed by atoms with Gasteiger partial charge in [-0.1, -0.05) is 26.7 Å². The minimum Gasteiger partial charge on any atom is -0.184 e. The molecule has 0 nitrogen and oxygen atoms in total. The van der Waals surface area contributed by atoms with Crippen LogP contribution >= 0.6 is 0 Å². The van der Waals surface area contributed by atoms with E-state index in [1.807, 2.05) is 30.3 Å². The Morgan fingerprint density at radius 2 is 1.47 bits per heavy atom. The van der Waals surface area contributed by atoms with Crippen LogP contribution < -0.4 is 0 Å². The van der Waals surface area contributed by atoms with Crippen LogP contribution in [0.3, 0.4) is 0 Å². The summed E-state index contributed by atoms with van der Waals surface area (Å²) in [5.74, 6) is 0. The Bertz CT molecular complexity index is 328. The first-order valence-electron chi connectivity index (χ1n) is 5.76. The number of benzene rings is 2. The van der Waals surface area contributed by atoms with E-state index in [2.05, 4.69) is 44.2 Å². The predicted molar refractivity (Wildman–Crippen MR) is 69.3 cm³/mol. The molecular weight excluding hydrogens is 248 g/mol. The maximum absolute atomic E-state index is 3.01. The first-order valence-corrected chi connectivity index (χ1v) is 5.76. The minimum atomic E-state index is 0. The van der Waals surface area contributed by atoms with Crippen LogP contribution in [0.5, 0.6) is 0 Å². The molecule has 0 fully saturated rings. The zero-order valence-electron chi connectivity index (χ0n) is 10.4. The molecular formula is C16H18Fe. The van der Waals surface area contributed by atoms with Gasteiger partial charge in [0.2, 0.25) is 0 Å². The van der Waals surface area contributed by atoms with Gasteiger partial charge in [-0.3, -0.25) is 0 Å². The molecule has 0 aliphatic carbocycles. The molecule has 1 heteroatoms. The molecule has 0 radical (unpaired) electrons. The SMILES string of the molecule is CCc1c[c-]ccc1.CCc1cc[c-]cc1.[Fe+2]. The number of aryl methyl sites for hydroxylation is 2. The molecule has 90 valence electrons. The maximum Gasteiger partial charge on any atom is 2.00 e. The minimum absolute atomic E-state index is 0. The molecule has 0 bridgehead atoms. The summed E-state index contributed by atoms with van der Waals surface area (Å²) < 4.78 is 0. The van der Waals surface area contributed by atoms with Crippen molar-refractivity contribution in [3.05, 3.63) is 71.8 Å². The summed E-state index contributed by atoms with van der Waals surface area (Å²) in [6.07, 6.45) is 2.23. The van der Waals surface area contributed by atoms with Crippen LogP contribution in [0.4, 0.5) is 0 Å². The van der Waals surface area contributed by atoms with Crippen molar-refractivity contribution in [3.63, 3.8) is 0 Å². The van der Waals surface area contributed by atoms with Gasteiger partial charge in [-0.05, 0) is 0 Å². The Hall–Kier alpha value is -1.04. The van der Waals surface area contributed by atoms with Gasteiger partial charge in [0.05, 0.1) is 0 Å². The summed E-state index contributed by atoms with van der Waals surface area (Å²) in [7, 11) is 0. The second-order valence-electron chi connectivity index (χ2n) is 3.53. The normalized spacial score (nSPS) is 8.59. The van der Waals surface area contributed by atoms with E-state index in [1.165, 1.54) is 11.1 Å². The van der Waals surface area contributed by atoms with Crippen molar-refractivity contribution in [2.45, 2.75) is 26.7 Å². The summed E-state index contributed by atoms with van der Waals surface area (Å²) in [6, 6.07) is 22.1. The molecule has 17 heavy (non-hydrogen) atoms. The summed E-state index contributed by atoms with van der Waals surface area (Å²) in [6.45, 7) is 4.29. The predicted octanol–water partition coefficient (Wildman–Crippen LogP) is 4.10. The monoisotopic (exact) mass is 266 g/mol. The van der Waals surface area contributed by atoms with Crippen LogP contribution in [0, 0.1) is 12.1 Å². The van der Waals surface area contributed by atoms with E-state index >= 15 is 0 Å². The molecule has 0 amide bonds. The van der Waals surface area contributed by atoms with Crippen LogP contribution in [0.15, 0.2) is 48.5 Å². The molecule has 0 heterocycles. The molecule has 0 aliphatic rings. The summed E-state index contributed by atoms with van der Waals surface area (Å²) in [5, 5.41) is 0. The van der Waals surface area contributed by atoms with E-state index in [-0.39, 0.29) is 17.1 Å². The van der Waals surface area contributed by atoms with Gasteiger partial charge in [0, 0.05) is 0 Å². The Morgan fingerprint density at radius 1 is 0.824 bits per heavy atom. The summed E-state index contributed by atoms with van der Waals surface area (Å²) in [4.78, 5) is 0. The third kappa shape index (κ3) is 6.99. The Morgan fingerprint density at radius 3 is 1.82 bits per heavy atom. The number of hydrogen-bond acceptors (Lipinski definition) is 0. The Balaban J connectivity index is 0.000000284. The van der Waals surface area contributed by atoms with Crippen molar-refractivity contribution in [2.24, 2.45) is 0 Å². The Kier molecular flexibility index (Phi) is 9.51. The largest absolute Gasteiger partial charge is 2.00 e. The fourth-order valence-corrected chi connectivity index (χ4v) is 1.31. The van der Waals surface area contributed by atoms with Gasteiger partial charge in [0.1, 0.15) is 0 Å². The van der Waals surface area contributed by atoms with Gasteiger partial charge >= 0.3 is 17.1 Å². The Labute approximate surface area is 116 Å². The molecule has 0 aliphatic heterocycles. The molecule has 2 aromatic rings. The van der Waals surface area contributed by atoms with Crippen molar-refractivity contribution in [2.75, 3.05) is 0 Å². The van der Waals surface area contributed by atoms with Crippen molar-refractivity contribution in [1.29, 1.82) is 0 Å². The van der Waals surface area contributed by atoms with Gasteiger partial charge in [-0.2, -0.15) is 71.8 Å². The molecule has 2 aromatic carbocycles. The molecule has 0 saturated carbocycles. The van der Waals surface area contributed by atoms with Crippen LogP contribution in [0.25, 0.3) is 0 Å². The van der Waals surface area contributed by atoms with Crippen LogP contribution in [-0.4, -0.2) is 0 Å². The van der Waals surface area contributed by atoms with E-state index < -0.39 is 0 Å². The van der Waals surface area contributed by atoms with Crippen LogP contribution in [0.2, 0.25) is 0 Å². The third-order valence-corrected chi connectivity index (χ3v) is 2.38. The molecule has 0 atom stereocenters. The van der Waals surface area contributed by atoms with Crippen molar-refractivity contribution in [3.8, 4) is 0 Å². The van der Waals surface area contributed by atoms with E-state index in [0.717, 1.165) is 12.8 Å². The molecule has 0 saturated heterocycles. The topological polar surface area (TPSA) is 0 Å².